The molecule has 0 aliphatic heterocycles. The molecule has 0 saturated heterocycles. The summed E-state index contributed by atoms with van der Waals surface area (Å²) in [5, 5.41) is 20.5. The number of carbonyl (C=O) groups excluding carboxylic acids is 1. The van der Waals surface area contributed by atoms with Gasteiger partial charge in [0.2, 0.25) is 0 Å². The van der Waals surface area contributed by atoms with Crippen molar-refractivity contribution in [1.29, 1.82) is 0 Å². The number of hydrogen-bond acceptors (Lipinski definition) is 3. The number of aliphatic carboxylic acids is 1. The minimum atomic E-state index is -0.772. The van der Waals surface area contributed by atoms with Gasteiger partial charge >= 0.3 is 12.0 Å². The SMILES string of the molecule is CN(CC1CC(O)C1)C(=O)NCCCCCC(=O)O. The molecule has 6 nitrogen and oxygen atoms in total. The molecule has 0 spiro atoms. The van der Waals surface area contributed by atoms with Crippen LogP contribution in [0.3, 0.4) is 0 Å². The first-order chi connectivity index (χ1) is 8.99. The van der Waals surface area contributed by atoms with Crippen molar-refractivity contribution >= 4 is 12.0 Å². The lowest BCUT2D eigenvalue weighted by molar-refractivity contribution is -0.137. The van der Waals surface area contributed by atoms with Gasteiger partial charge in [-0.25, -0.2) is 4.79 Å². The predicted molar refractivity (Wildman–Crippen MR) is 70.9 cm³/mol. The Morgan fingerprint density at radius 3 is 2.53 bits per heavy atom. The fourth-order valence-corrected chi connectivity index (χ4v) is 2.23. The molecule has 0 bridgehead atoms. The van der Waals surface area contributed by atoms with Crippen LogP contribution >= 0.6 is 0 Å². The molecule has 0 aromatic rings. The number of aliphatic hydroxyl groups excluding tert-OH is 1. The molecular formula is C13H24N2O4. The first-order valence-corrected chi connectivity index (χ1v) is 6.88. The van der Waals surface area contributed by atoms with E-state index in [4.69, 9.17) is 5.11 Å². The number of aliphatic hydroxyl groups is 1. The van der Waals surface area contributed by atoms with E-state index in [1.165, 1.54) is 0 Å². The lowest BCUT2D eigenvalue weighted by Crippen LogP contribution is -2.43. The van der Waals surface area contributed by atoms with Gasteiger partial charge in [0.15, 0.2) is 0 Å². The Morgan fingerprint density at radius 1 is 1.26 bits per heavy atom. The fourth-order valence-electron chi connectivity index (χ4n) is 2.23. The number of rotatable bonds is 8. The molecule has 19 heavy (non-hydrogen) atoms. The number of amides is 2. The molecule has 0 aromatic carbocycles. The third-order valence-corrected chi connectivity index (χ3v) is 3.43. The Balaban J connectivity index is 1.99. The summed E-state index contributed by atoms with van der Waals surface area (Å²) < 4.78 is 0. The molecule has 110 valence electrons. The summed E-state index contributed by atoms with van der Waals surface area (Å²) in [4.78, 5) is 23.6. The summed E-state index contributed by atoms with van der Waals surface area (Å²) in [6, 6.07) is -0.0976. The average molecular weight is 272 g/mol. The number of nitrogens with one attached hydrogen (secondary N) is 1. The van der Waals surface area contributed by atoms with Crippen LogP contribution < -0.4 is 5.32 Å². The Kier molecular flexibility index (Phi) is 6.62. The van der Waals surface area contributed by atoms with E-state index >= 15 is 0 Å². The highest BCUT2D eigenvalue weighted by atomic mass is 16.4. The second kappa shape index (κ2) is 7.99. The molecule has 6 heteroatoms. The van der Waals surface area contributed by atoms with Crippen LogP contribution in [-0.4, -0.2) is 53.4 Å². The Bertz CT molecular complexity index is 303. The van der Waals surface area contributed by atoms with Crippen LogP contribution in [0.5, 0.6) is 0 Å². The first-order valence-electron chi connectivity index (χ1n) is 6.88. The van der Waals surface area contributed by atoms with Gasteiger partial charge in [0, 0.05) is 26.6 Å². The van der Waals surface area contributed by atoms with Crippen LogP contribution in [0.15, 0.2) is 0 Å². The minimum Gasteiger partial charge on any atom is -0.481 e. The molecule has 0 radical (unpaired) electrons. The van der Waals surface area contributed by atoms with Crippen molar-refractivity contribution in [1.82, 2.24) is 10.2 Å². The molecule has 0 atom stereocenters. The Hall–Kier alpha value is -1.30. The van der Waals surface area contributed by atoms with E-state index in [0.29, 0.717) is 25.4 Å². The second-order valence-electron chi connectivity index (χ2n) is 5.31. The number of unbranched alkanes of at least 4 members (excludes halogenated alkanes) is 2. The van der Waals surface area contributed by atoms with E-state index in [1.54, 1.807) is 11.9 Å². The maximum Gasteiger partial charge on any atom is 0.317 e. The van der Waals surface area contributed by atoms with Crippen LogP contribution in [0.4, 0.5) is 4.79 Å². The van der Waals surface area contributed by atoms with Crippen LogP contribution in [0, 0.1) is 5.92 Å². The minimum absolute atomic E-state index is 0.0976. The maximum absolute atomic E-state index is 11.7. The van der Waals surface area contributed by atoms with E-state index in [9.17, 15) is 14.7 Å². The van der Waals surface area contributed by atoms with Crippen LogP contribution in [0.2, 0.25) is 0 Å². The van der Waals surface area contributed by atoms with Gasteiger partial charge in [-0.1, -0.05) is 6.42 Å². The summed E-state index contributed by atoms with van der Waals surface area (Å²) in [7, 11) is 1.75. The van der Waals surface area contributed by atoms with Crippen LogP contribution in [0.1, 0.15) is 38.5 Å². The Labute approximate surface area is 113 Å². The van der Waals surface area contributed by atoms with Crippen molar-refractivity contribution in [2.24, 2.45) is 5.92 Å². The van der Waals surface area contributed by atoms with E-state index in [-0.39, 0.29) is 18.6 Å². The summed E-state index contributed by atoms with van der Waals surface area (Å²) in [5.41, 5.74) is 0. The zero-order valence-corrected chi connectivity index (χ0v) is 11.5. The van der Waals surface area contributed by atoms with Gasteiger partial charge in [-0.15, -0.1) is 0 Å². The second-order valence-corrected chi connectivity index (χ2v) is 5.31. The third kappa shape index (κ3) is 6.42. The highest BCUT2D eigenvalue weighted by Gasteiger charge is 2.28. The van der Waals surface area contributed by atoms with E-state index in [2.05, 4.69) is 5.32 Å². The Morgan fingerprint density at radius 2 is 1.95 bits per heavy atom. The van der Waals surface area contributed by atoms with Gasteiger partial charge < -0.3 is 20.4 Å². The van der Waals surface area contributed by atoms with Gasteiger partial charge in [0.05, 0.1) is 6.10 Å². The monoisotopic (exact) mass is 272 g/mol. The van der Waals surface area contributed by atoms with Crippen molar-refractivity contribution < 1.29 is 19.8 Å². The molecule has 1 aliphatic carbocycles. The van der Waals surface area contributed by atoms with Crippen molar-refractivity contribution in [3.8, 4) is 0 Å². The fraction of sp³-hybridized carbons (Fsp3) is 0.846. The van der Waals surface area contributed by atoms with Gasteiger partial charge in [-0.2, -0.15) is 0 Å². The molecule has 1 rings (SSSR count). The lowest BCUT2D eigenvalue weighted by Gasteiger charge is -2.34. The smallest absolute Gasteiger partial charge is 0.317 e. The van der Waals surface area contributed by atoms with E-state index < -0.39 is 5.97 Å². The van der Waals surface area contributed by atoms with Crippen LogP contribution in [-0.2, 0) is 4.79 Å². The normalized spacial score (nSPS) is 21.6. The van der Waals surface area contributed by atoms with Gasteiger partial charge in [-0.05, 0) is 31.6 Å². The number of carboxylic acid groups (broad SMARTS) is 1. The number of urea groups is 1. The highest BCUT2D eigenvalue weighted by Crippen LogP contribution is 2.27. The predicted octanol–water partition coefficient (Wildman–Crippen LogP) is 1.04. The van der Waals surface area contributed by atoms with Crippen molar-refractivity contribution in [2.45, 2.75) is 44.6 Å². The standard InChI is InChI=1S/C13H24N2O4/c1-15(9-10-7-11(16)8-10)13(19)14-6-4-2-3-5-12(17)18/h10-11,16H,2-9H2,1H3,(H,14,19)(H,17,18). The number of carboxylic acids is 1. The summed E-state index contributed by atoms with van der Waals surface area (Å²) in [6.45, 7) is 1.26. The zero-order valence-electron chi connectivity index (χ0n) is 11.5. The molecule has 1 aliphatic rings. The molecule has 3 N–H and O–H groups in total. The number of hydrogen-bond donors (Lipinski definition) is 3. The average Bonchev–Trinajstić information content (AvgIpc) is 2.30. The summed E-state index contributed by atoms with van der Waals surface area (Å²) in [5.74, 6) is -0.354. The van der Waals surface area contributed by atoms with E-state index in [0.717, 1.165) is 25.7 Å². The molecule has 1 saturated carbocycles. The highest BCUT2D eigenvalue weighted by molar-refractivity contribution is 5.73. The van der Waals surface area contributed by atoms with Crippen molar-refractivity contribution in [3.63, 3.8) is 0 Å². The van der Waals surface area contributed by atoms with Crippen LogP contribution in [0.25, 0.3) is 0 Å². The van der Waals surface area contributed by atoms with Gasteiger partial charge in [0.1, 0.15) is 0 Å². The van der Waals surface area contributed by atoms with Crippen molar-refractivity contribution in [3.05, 3.63) is 0 Å². The molecule has 0 aromatic heterocycles. The molecule has 2 amide bonds. The number of nitrogens with zero attached hydrogens (tertiary/aromatic N) is 1. The summed E-state index contributed by atoms with van der Waals surface area (Å²) in [6.07, 6.45) is 3.84. The van der Waals surface area contributed by atoms with E-state index in [1.807, 2.05) is 0 Å². The maximum atomic E-state index is 11.7. The summed E-state index contributed by atoms with van der Waals surface area (Å²) >= 11 is 0. The molecular weight excluding hydrogens is 248 g/mol. The quantitative estimate of drug-likeness (QED) is 0.576. The van der Waals surface area contributed by atoms with Gasteiger partial charge in [-0.3, -0.25) is 4.79 Å². The molecule has 1 fully saturated rings. The third-order valence-electron chi connectivity index (χ3n) is 3.43. The molecule has 0 unspecified atom stereocenters. The van der Waals surface area contributed by atoms with Gasteiger partial charge in [0.25, 0.3) is 0 Å². The first kappa shape index (κ1) is 15.8. The largest absolute Gasteiger partial charge is 0.481 e. The number of carbonyl (C=O) groups is 2. The molecule has 0 heterocycles. The topological polar surface area (TPSA) is 89.9 Å². The van der Waals surface area contributed by atoms with Crippen molar-refractivity contribution in [2.75, 3.05) is 20.1 Å². The lowest BCUT2D eigenvalue weighted by atomic mass is 9.82. The zero-order chi connectivity index (χ0) is 14.3.